The van der Waals surface area contributed by atoms with Gasteiger partial charge < -0.3 is 9.84 Å². The van der Waals surface area contributed by atoms with Gasteiger partial charge in [-0.2, -0.15) is 5.11 Å². The molecule has 1 aromatic rings. The molecular weight excluding hydrogens is 300 g/mol. The highest BCUT2D eigenvalue weighted by Gasteiger charge is 2.13. The van der Waals surface area contributed by atoms with E-state index in [-0.39, 0.29) is 18.1 Å². The van der Waals surface area contributed by atoms with E-state index in [1.165, 1.54) is 6.92 Å². The number of allylic oxidation sites excluding steroid dienone is 1. The lowest BCUT2D eigenvalue weighted by Gasteiger charge is -2.02. The number of azo groups is 1. The normalized spacial score (nSPS) is 12.4. The zero-order valence-corrected chi connectivity index (χ0v) is 11.6. The molecule has 18 heavy (non-hydrogen) atoms. The average Bonchev–Trinajstić information content (AvgIpc) is 2.29. The summed E-state index contributed by atoms with van der Waals surface area (Å²) in [6, 6.07) is 7.10. The number of ether oxygens (including phenoxy) is 1. The lowest BCUT2D eigenvalue weighted by Crippen LogP contribution is -2.07. The number of carbonyl (C=O) groups is 1. The summed E-state index contributed by atoms with van der Waals surface area (Å²) >= 11 is 3.30. The van der Waals surface area contributed by atoms with Crippen LogP contribution in [0.25, 0.3) is 0 Å². The van der Waals surface area contributed by atoms with E-state index >= 15 is 0 Å². The molecule has 0 heterocycles. The van der Waals surface area contributed by atoms with Gasteiger partial charge >= 0.3 is 5.97 Å². The molecule has 0 aliphatic heterocycles. The monoisotopic (exact) mass is 312 g/mol. The van der Waals surface area contributed by atoms with Crippen LogP contribution < -0.4 is 0 Å². The number of rotatable bonds is 4. The Morgan fingerprint density at radius 1 is 1.50 bits per heavy atom. The molecule has 6 heteroatoms. The summed E-state index contributed by atoms with van der Waals surface area (Å²) < 4.78 is 5.61. The number of aliphatic hydroxyl groups is 1. The molecule has 5 nitrogen and oxygen atoms in total. The Bertz CT molecular complexity index is 494. The first-order valence-corrected chi connectivity index (χ1v) is 6.08. The smallest absolute Gasteiger partial charge is 0.362 e. The summed E-state index contributed by atoms with van der Waals surface area (Å²) in [5, 5.41) is 16.9. The Balaban J connectivity index is 2.92. The molecule has 0 aliphatic rings. The molecular formula is C12H13BrN2O3. The van der Waals surface area contributed by atoms with Crippen molar-refractivity contribution in [2.45, 2.75) is 13.8 Å². The fourth-order valence-electron chi connectivity index (χ4n) is 1.11. The van der Waals surface area contributed by atoms with Crippen LogP contribution in [0.2, 0.25) is 0 Å². The number of nitrogens with zero attached hydrogens (tertiary/aromatic N) is 2. The van der Waals surface area contributed by atoms with Gasteiger partial charge in [0.15, 0.2) is 0 Å². The number of aliphatic hydroxyl groups excluding tert-OH is 1. The van der Waals surface area contributed by atoms with E-state index in [9.17, 15) is 9.90 Å². The van der Waals surface area contributed by atoms with Gasteiger partial charge in [-0.25, -0.2) is 4.79 Å². The quantitative estimate of drug-likeness (QED) is 0.397. The summed E-state index contributed by atoms with van der Waals surface area (Å²) in [5.41, 5.74) is 0.365. The van der Waals surface area contributed by atoms with Crippen molar-refractivity contribution in [3.05, 3.63) is 40.2 Å². The van der Waals surface area contributed by atoms with Gasteiger partial charge in [-0.15, -0.1) is 5.11 Å². The van der Waals surface area contributed by atoms with Crippen molar-refractivity contribution < 1.29 is 14.6 Å². The second kappa shape index (κ2) is 6.90. The summed E-state index contributed by atoms with van der Waals surface area (Å²) in [4.78, 5) is 11.5. The highest BCUT2D eigenvalue weighted by molar-refractivity contribution is 9.10. The minimum Gasteiger partial charge on any atom is -0.510 e. The van der Waals surface area contributed by atoms with E-state index < -0.39 is 5.97 Å². The molecule has 96 valence electrons. The van der Waals surface area contributed by atoms with Gasteiger partial charge in [0.05, 0.1) is 12.3 Å². The standard InChI is InChI=1S/C12H13BrN2O3/c1-3-18-12(17)11(8(2)16)15-14-10-6-4-5-9(13)7-10/h4-7,16H,3H2,1-2H3/b11-8+,15-14?. The van der Waals surface area contributed by atoms with Crippen LogP contribution in [0.5, 0.6) is 0 Å². The molecule has 0 saturated heterocycles. The van der Waals surface area contributed by atoms with Crippen molar-refractivity contribution in [2.24, 2.45) is 10.2 Å². The Labute approximate surface area is 113 Å². The molecule has 1 rings (SSSR count). The average molecular weight is 313 g/mol. The van der Waals surface area contributed by atoms with Crippen LogP contribution in [0.4, 0.5) is 5.69 Å². The topological polar surface area (TPSA) is 71.2 Å². The van der Waals surface area contributed by atoms with Crippen LogP contribution in [0, 0.1) is 0 Å². The molecule has 0 spiro atoms. The second-order valence-corrected chi connectivity index (χ2v) is 4.25. The second-order valence-electron chi connectivity index (χ2n) is 3.33. The van der Waals surface area contributed by atoms with Crippen LogP contribution in [-0.4, -0.2) is 17.7 Å². The van der Waals surface area contributed by atoms with E-state index in [4.69, 9.17) is 4.74 Å². The van der Waals surface area contributed by atoms with Crippen LogP contribution in [0.1, 0.15) is 13.8 Å². The van der Waals surface area contributed by atoms with Gasteiger partial charge in [0.25, 0.3) is 0 Å². The third-order valence-electron chi connectivity index (χ3n) is 1.89. The van der Waals surface area contributed by atoms with E-state index in [2.05, 4.69) is 26.2 Å². The minimum absolute atomic E-state index is 0.197. The summed E-state index contributed by atoms with van der Waals surface area (Å²) in [7, 11) is 0. The van der Waals surface area contributed by atoms with Crippen LogP contribution in [-0.2, 0) is 9.53 Å². The third kappa shape index (κ3) is 4.29. The minimum atomic E-state index is -0.698. The highest BCUT2D eigenvalue weighted by atomic mass is 79.9. The highest BCUT2D eigenvalue weighted by Crippen LogP contribution is 2.20. The fourth-order valence-corrected chi connectivity index (χ4v) is 1.49. The van der Waals surface area contributed by atoms with Crippen molar-refractivity contribution in [1.29, 1.82) is 0 Å². The Morgan fingerprint density at radius 2 is 2.22 bits per heavy atom. The van der Waals surface area contributed by atoms with Crippen molar-refractivity contribution in [3.63, 3.8) is 0 Å². The lowest BCUT2D eigenvalue weighted by atomic mass is 10.3. The van der Waals surface area contributed by atoms with Gasteiger partial charge in [-0.3, -0.25) is 0 Å². The van der Waals surface area contributed by atoms with Gasteiger partial charge in [0.1, 0.15) is 5.76 Å². The molecule has 1 aromatic carbocycles. The molecule has 0 radical (unpaired) electrons. The van der Waals surface area contributed by atoms with E-state index in [1.54, 1.807) is 25.1 Å². The van der Waals surface area contributed by atoms with Gasteiger partial charge in [-0.05, 0) is 32.0 Å². The molecule has 0 fully saturated rings. The largest absolute Gasteiger partial charge is 0.510 e. The molecule has 0 aromatic heterocycles. The maximum atomic E-state index is 11.5. The molecule has 0 aliphatic carbocycles. The molecule has 1 N–H and O–H groups in total. The van der Waals surface area contributed by atoms with E-state index in [1.807, 2.05) is 6.07 Å². The van der Waals surface area contributed by atoms with Crippen LogP contribution in [0.15, 0.2) is 50.4 Å². The number of halogens is 1. The first kappa shape index (κ1) is 14.4. The SMILES string of the molecule is CCOC(=O)/C(N=Nc1cccc(Br)c1)=C(/C)O. The molecule has 0 bridgehead atoms. The van der Waals surface area contributed by atoms with E-state index in [0.717, 1.165) is 4.47 Å². The molecule has 0 unspecified atom stereocenters. The first-order chi connectivity index (χ1) is 8.54. The third-order valence-corrected chi connectivity index (χ3v) is 2.38. The summed E-state index contributed by atoms with van der Waals surface area (Å²) in [5.74, 6) is -0.927. The fraction of sp³-hybridized carbons (Fsp3) is 0.250. The number of hydrogen-bond acceptors (Lipinski definition) is 5. The van der Waals surface area contributed by atoms with Crippen molar-refractivity contribution in [2.75, 3.05) is 6.61 Å². The zero-order valence-electron chi connectivity index (χ0n) is 10.1. The van der Waals surface area contributed by atoms with E-state index in [0.29, 0.717) is 5.69 Å². The first-order valence-electron chi connectivity index (χ1n) is 5.29. The lowest BCUT2D eigenvalue weighted by molar-refractivity contribution is -0.138. The van der Waals surface area contributed by atoms with Gasteiger partial charge in [-0.1, -0.05) is 22.0 Å². The number of hydrogen-bond donors (Lipinski definition) is 1. The van der Waals surface area contributed by atoms with Crippen molar-refractivity contribution in [3.8, 4) is 0 Å². The Kier molecular flexibility index (Phi) is 5.51. The molecule has 0 saturated carbocycles. The number of benzene rings is 1. The zero-order chi connectivity index (χ0) is 13.5. The molecule has 0 amide bonds. The van der Waals surface area contributed by atoms with Gasteiger partial charge in [0.2, 0.25) is 5.70 Å². The summed E-state index contributed by atoms with van der Waals surface area (Å²) in [6.45, 7) is 3.24. The number of carbonyl (C=O) groups excluding carboxylic acids is 1. The predicted molar refractivity (Wildman–Crippen MR) is 70.6 cm³/mol. The summed E-state index contributed by atoms with van der Waals surface area (Å²) in [6.07, 6.45) is 0. The van der Waals surface area contributed by atoms with Gasteiger partial charge in [0, 0.05) is 4.47 Å². The van der Waals surface area contributed by atoms with Crippen molar-refractivity contribution >= 4 is 27.6 Å². The Hall–Kier alpha value is -1.69. The predicted octanol–water partition coefficient (Wildman–Crippen LogP) is 3.89. The van der Waals surface area contributed by atoms with Crippen LogP contribution in [0.3, 0.4) is 0 Å². The number of esters is 1. The molecule has 0 atom stereocenters. The van der Waals surface area contributed by atoms with Crippen molar-refractivity contribution in [1.82, 2.24) is 0 Å². The Morgan fingerprint density at radius 3 is 2.78 bits per heavy atom. The maximum absolute atomic E-state index is 11.5. The van der Waals surface area contributed by atoms with Crippen LogP contribution >= 0.6 is 15.9 Å². The maximum Gasteiger partial charge on any atom is 0.362 e.